The average Bonchev–Trinajstić information content (AvgIpc) is 2.94. The Morgan fingerprint density at radius 1 is 1.43 bits per heavy atom. The Morgan fingerprint density at radius 3 is 2.86 bits per heavy atom. The SMILES string of the molecule is CCOC(=O)[C@@H](C)[C@H](C)Nc1cc(CC)nc2ncnn12. The van der Waals surface area contributed by atoms with Crippen LogP contribution in [0.15, 0.2) is 12.4 Å². The molecule has 21 heavy (non-hydrogen) atoms. The Balaban J connectivity index is 2.22. The van der Waals surface area contributed by atoms with E-state index in [1.54, 1.807) is 11.4 Å². The molecule has 0 spiro atoms. The highest BCUT2D eigenvalue weighted by molar-refractivity contribution is 5.73. The zero-order chi connectivity index (χ0) is 15.4. The summed E-state index contributed by atoms with van der Waals surface area (Å²) < 4.78 is 6.69. The van der Waals surface area contributed by atoms with Crippen molar-refractivity contribution < 1.29 is 9.53 Å². The number of esters is 1. The largest absolute Gasteiger partial charge is 0.466 e. The van der Waals surface area contributed by atoms with Crippen molar-refractivity contribution >= 4 is 17.6 Å². The molecule has 0 aliphatic rings. The fourth-order valence-electron chi connectivity index (χ4n) is 1.98. The lowest BCUT2D eigenvalue weighted by Gasteiger charge is -2.21. The number of nitrogens with one attached hydrogen (secondary N) is 1. The van der Waals surface area contributed by atoms with E-state index in [9.17, 15) is 4.79 Å². The van der Waals surface area contributed by atoms with Gasteiger partial charge < -0.3 is 10.1 Å². The van der Waals surface area contributed by atoms with E-state index >= 15 is 0 Å². The number of rotatable bonds is 6. The average molecular weight is 291 g/mol. The fraction of sp³-hybridized carbons (Fsp3) is 0.571. The van der Waals surface area contributed by atoms with Gasteiger partial charge in [0, 0.05) is 17.8 Å². The van der Waals surface area contributed by atoms with Crippen molar-refractivity contribution in [3.05, 3.63) is 18.1 Å². The van der Waals surface area contributed by atoms with Gasteiger partial charge in [-0.25, -0.2) is 4.98 Å². The third kappa shape index (κ3) is 3.29. The summed E-state index contributed by atoms with van der Waals surface area (Å²) in [5.41, 5.74) is 0.925. The highest BCUT2D eigenvalue weighted by Gasteiger charge is 2.22. The molecule has 0 fully saturated rings. The maximum Gasteiger partial charge on any atom is 0.310 e. The monoisotopic (exact) mass is 291 g/mol. The van der Waals surface area contributed by atoms with Gasteiger partial charge in [0.2, 0.25) is 0 Å². The molecular formula is C14H21N5O2. The summed E-state index contributed by atoms with van der Waals surface area (Å²) in [7, 11) is 0. The van der Waals surface area contributed by atoms with Crippen LogP contribution >= 0.6 is 0 Å². The molecule has 2 aromatic rings. The van der Waals surface area contributed by atoms with Crippen molar-refractivity contribution in [1.82, 2.24) is 19.6 Å². The van der Waals surface area contributed by atoms with Crippen molar-refractivity contribution in [2.45, 2.75) is 40.2 Å². The topological polar surface area (TPSA) is 81.4 Å². The molecule has 0 aliphatic carbocycles. The van der Waals surface area contributed by atoms with Crippen LogP contribution in [0.2, 0.25) is 0 Å². The van der Waals surface area contributed by atoms with Crippen LogP contribution in [0.3, 0.4) is 0 Å². The molecule has 0 saturated carbocycles. The molecule has 0 unspecified atom stereocenters. The van der Waals surface area contributed by atoms with Gasteiger partial charge in [-0.2, -0.15) is 14.6 Å². The third-order valence-corrected chi connectivity index (χ3v) is 3.45. The van der Waals surface area contributed by atoms with Crippen LogP contribution in [-0.2, 0) is 16.0 Å². The zero-order valence-corrected chi connectivity index (χ0v) is 12.8. The standard InChI is InChI=1S/C14H21N5O2/c1-5-11-7-12(19-14(18-11)15-8-16-19)17-10(4)9(3)13(20)21-6-2/h7-10,17H,5-6H2,1-4H3/t9-,10-/m0/s1. The first kappa shape index (κ1) is 15.2. The number of carbonyl (C=O) groups excluding carboxylic acids is 1. The van der Waals surface area contributed by atoms with Crippen LogP contribution in [0.1, 0.15) is 33.4 Å². The Hall–Kier alpha value is -2.18. The number of hydrogen-bond donors (Lipinski definition) is 1. The molecule has 0 bridgehead atoms. The molecule has 0 aromatic carbocycles. The van der Waals surface area contributed by atoms with Crippen molar-refractivity contribution in [2.24, 2.45) is 5.92 Å². The van der Waals surface area contributed by atoms with Gasteiger partial charge in [0.15, 0.2) is 0 Å². The predicted molar refractivity (Wildman–Crippen MR) is 79.0 cm³/mol. The molecule has 7 heteroatoms. The van der Waals surface area contributed by atoms with Gasteiger partial charge >= 0.3 is 5.97 Å². The predicted octanol–water partition coefficient (Wildman–Crippen LogP) is 1.69. The molecule has 0 aliphatic heterocycles. The lowest BCUT2D eigenvalue weighted by Crippen LogP contribution is -2.32. The van der Waals surface area contributed by atoms with E-state index < -0.39 is 0 Å². The Bertz CT molecular complexity index is 625. The highest BCUT2D eigenvalue weighted by Crippen LogP contribution is 2.16. The van der Waals surface area contributed by atoms with Crippen molar-refractivity contribution in [3.63, 3.8) is 0 Å². The molecule has 0 radical (unpaired) electrons. The Labute approximate surface area is 123 Å². The van der Waals surface area contributed by atoms with Gasteiger partial charge in [0.1, 0.15) is 12.1 Å². The molecule has 2 heterocycles. The summed E-state index contributed by atoms with van der Waals surface area (Å²) in [5.74, 6) is 0.852. The van der Waals surface area contributed by atoms with Crippen LogP contribution in [0, 0.1) is 5.92 Å². The molecule has 2 rings (SSSR count). The molecule has 2 atom stereocenters. The van der Waals surface area contributed by atoms with Crippen LogP contribution in [0.5, 0.6) is 0 Å². The first-order valence-corrected chi connectivity index (χ1v) is 7.19. The quantitative estimate of drug-likeness (QED) is 0.816. The molecule has 0 amide bonds. The van der Waals surface area contributed by atoms with Gasteiger partial charge in [-0.05, 0) is 27.2 Å². The van der Waals surface area contributed by atoms with Crippen molar-refractivity contribution in [2.75, 3.05) is 11.9 Å². The second-order valence-electron chi connectivity index (χ2n) is 4.93. The van der Waals surface area contributed by atoms with E-state index in [1.807, 2.05) is 26.8 Å². The van der Waals surface area contributed by atoms with Crippen LogP contribution < -0.4 is 5.32 Å². The lowest BCUT2D eigenvalue weighted by molar-refractivity contribution is -0.147. The minimum absolute atomic E-state index is 0.0939. The third-order valence-electron chi connectivity index (χ3n) is 3.45. The van der Waals surface area contributed by atoms with Gasteiger partial charge in [-0.3, -0.25) is 4.79 Å². The van der Waals surface area contributed by atoms with Crippen LogP contribution in [-0.4, -0.2) is 38.2 Å². The molecule has 1 N–H and O–H groups in total. The Morgan fingerprint density at radius 2 is 2.19 bits per heavy atom. The number of anilines is 1. The number of carbonyl (C=O) groups is 1. The van der Waals surface area contributed by atoms with E-state index in [2.05, 4.69) is 20.4 Å². The zero-order valence-electron chi connectivity index (χ0n) is 12.8. The minimum Gasteiger partial charge on any atom is -0.466 e. The van der Waals surface area contributed by atoms with Crippen molar-refractivity contribution in [3.8, 4) is 0 Å². The first-order valence-electron chi connectivity index (χ1n) is 7.19. The minimum atomic E-state index is -0.262. The summed E-state index contributed by atoms with van der Waals surface area (Å²) >= 11 is 0. The molecule has 0 saturated heterocycles. The number of ether oxygens (including phenoxy) is 1. The van der Waals surface area contributed by atoms with Crippen molar-refractivity contribution in [1.29, 1.82) is 0 Å². The van der Waals surface area contributed by atoms with Crippen LogP contribution in [0.4, 0.5) is 5.82 Å². The van der Waals surface area contributed by atoms with Gasteiger partial charge in [-0.15, -0.1) is 0 Å². The summed E-state index contributed by atoms with van der Waals surface area (Å²) in [5, 5.41) is 7.46. The van der Waals surface area contributed by atoms with Gasteiger partial charge in [-0.1, -0.05) is 6.92 Å². The van der Waals surface area contributed by atoms with E-state index in [1.165, 1.54) is 6.33 Å². The molecular weight excluding hydrogens is 270 g/mol. The summed E-state index contributed by atoms with van der Waals surface area (Å²) in [6, 6.07) is 1.83. The maximum absolute atomic E-state index is 11.8. The fourth-order valence-corrected chi connectivity index (χ4v) is 1.98. The molecule has 7 nitrogen and oxygen atoms in total. The highest BCUT2D eigenvalue weighted by atomic mass is 16.5. The smallest absolute Gasteiger partial charge is 0.310 e. The summed E-state index contributed by atoms with van der Waals surface area (Å²) in [4.78, 5) is 20.3. The summed E-state index contributed by atoms with van der Waals surface area (Å²) in [6.07, 6.45) is 2.27. The number of aromatic nitrogens is 4. The van der Waals surface area contributed by atoms with E-state index in [0.29, 0.717) is 12.4 Å². The molecule has 114 valence electrons. The van der Waals surface area contributed by atoms with E-state index in [4.69, 9.17) is 4.74 Å². The maximum atomic E-state index is 11.8. The first-order chi connectivity index (χ1) is 10.1. The van der Waals surface area contributed by atoms with E-state index in [-0.39, 0.29) is 17.9 Å². The summed E-state index contributed by atoms with van der Waals surface area (Å²) in [6.45, 7) is 8.01. The van der Waals surface area contributed by atoms with Crippen LogP contribution in [0.25, 0.3) is 5.78 Å². The normalized spacial score (nSPS) is 13.9. The number of nitrogens with zero attached hydrogens (tertiary/aromatic N) is 4. The lowest BCUT2D eigenvalue weighted by atomic mass is 10.0. The second kappa shape index (κ2) is 6.51. The molecule has 2 aromatic heterocycles. The van der Waals surface area contributed by atoms with E-state index in [0.717, 1.165) is 17.9 Å². The second-order valence-corrected chi connectivity index (χ2v) is 4.93. The number of aryl methyl sites for hydroxylation is 1. The number of hydrogen-bond acceptors (Lipinski definition) is 6. The van der Waals surface area contributed by atoms with Gasteiger partial charge in [0.05, 0.1) is 12.5 Å². The van der Waals surface area contributed by atoms with Gasteiger partial charge in [0.25, 0.3) is 5.78 Å². The Kier molecular flexibility index (Phi) is 4.72. The number of fused-ring (bicyclic) bond motifs is 1.